The van der Waals surface area contributed by atoms with Crippen molar-refractivity contribution in [2.75, 3.05) is 6.61 Å². The highest BCUT2D eigenvalue weighted by molar-refractivity contribution is 6.32. The molecule has 1 saturated carbocycles. The lowest BCUT2D eigenvalue weighted by Crippen LogP contribution is -2.25. The molecule has 5 rings (SSSR count). The molecule has 1 fully saturated rings. The van der Waals surface area contributed by atoms with Gasteiger partial charge in [-0.05, 0) is 55.7 Å². The summed E-state index contributed by atoms with van der Waals surface area (Å²) in [7, 11) is 0. The number of benzene rings is 3. The Kier molecular flexibility index (Phi) is 8.03. The van der Waals surface area contributed by atoms with E-state index in [0.717, 1.165) is 25.7 Å². The van der Waals surface area contributed by atoms with E-state index >= 15 is 0 Å². The van der Waals surface area contributed by atoms with Crippen molar-refractivity contribution >= 4 is 28.7 Å². The zero-order valence-electron chi connectivity index (χ0n) is 21.2. The first-order valence-electron chi connectivity index (χ1n) is 12.9. The van der Waals surface area contributed by atoms with Crippen molar-refractivity contribution in [1.82, 2.24) is 9.66 Å². The molecule has 38 heavy (non-hydrogen) atoms. The summed E-state index contributed by atoms with van der Waals surface area (Å²) in [5.74, 6) is 1.24. The Labute approximate surface area is 225 Å². The molecule has 0 spiro atoms. The lowest BCUT2D eigenvalue weighted by molar-refractivity contribution is 0.266. The van der Waals surface area contributed by atoms with Gasteiger partial charge < -0.3 is 9.47 Å². The summed E-state index contributed by atoms with van der Waals surface area (Å²) < 4.78 is 27.1. The van der Waals surface area contributed by atoms with Crippen molar-refractivity contribution in [3.8, 4) is 11.5 Å². The zero-order valence-corrected chi connectivity index (χ0v) is 22.0. The fourth-order valence-corrected chi connectivity index (χ4v) is 5.11. The van der Waals surface area contributed by atoms with E-state index in [4.69, 9.17) is 26.1 Å². The standard InChI is InChI=1S/C30H29ClFN3O3/c1-2-37-27-17-20(16-24(31)28(27)38-19-22-12-6-8-14-25(22)32)18-33-35-29(21-10-4-3-5-11-21)34-26-15-9-7-13-23(26)30(35)36/h6-9,12-18,21H,2-5,10-11,19H2,1H3. The molecule has 1 aliphatic carbocycles. The Morgan fingerprint density at radius 2 is 1.84 bits per heavy atom. The predicted octanol–water partition coefficient (Wildman–Crippen LogP) is 7.10. The van der Waals surface area contributed by atoms with E-state index in [9.17, 15) is 9.18 Å². The van der Waals surface area contributed by atoms with Gasteiger partial charge in [0, 0.05) is 11.5 Å². The second kappa shape index (κ2) is 11.8. The summed E-state index contributed by atoms with van der Waals surface area (Å²) in [4.78, 5) is 18.3. The quantitative estimate of drug-likeness (QED) is 0.227. The van der Waals surface area contributed by atoms with E-state index in [1.54, 1.807) is 42.6 Å². The third kappa shape index (κ3) is 5.58. The topological polar surface area (TPSA) is 65.7 Å². The van der Waals surface area contributed by atoms with Crippen molar-refractivity contribution in [3.63, 3.8) is 0 Å². The van der Waals surface area contributed by atoms with Crippen LogP contribution in [0.25, 0.3) is 10.9 Å². The number of hydrogen-bond donors (Lipinski definition) is 0. The third-order valence-corrected chi connectivity index (χ3v) is 7.01. The maximum absolute atomic E-state index is 14.1. The van der Waals surface area contributed by atoms with Gasteiger partial charge in [-0.2, -0.15) is 9.78 Å². The molecule has 4 aromatic rings. The van der Waals surface area contributed by atoms with Crippen LogP contribution in [0.2, 0.25) is 5.02 Å². The monoisotopic (exact) mass is 533 g/mol. The van der Waals surface area contributed by atoms with E-state index in [0.29, 0.717) is 51.0 Å². The minimum absolute atomic E-state index is 0.00278. The number of para-hydroxylation sites is 1. The maximum Gasteiger partial charge on any atom is 0.282 e. The van der Waals surface area contributed by atoms with Crippen molar-refractivity contribution < 1.29 is 13.9 Å². The van der Waals surface area contributed by atoms with Gasteiger partial charge in [0.15, 0.2) is 11.5 Å². The summed E-state index contributed by atoms with van der Waals surface area (Å²) in [6.07, 6.45) is 6.96. The Balaban J connectivity index is 1.50. The molecular formula is C30H29ClFN3O3. The number of fused-ring (bicyclic) bond motifs is 1. The Morgan fingerprint density at radius 1 is 1.08 bits per heavy atom. The van der Waals surface area contributed by atoms with Crippen LogP contribution in [0.5, 0.6) is 11.5 Å². The Morgan fingerprint density at radius 3 is 2.63 bits per heavy atom. The second-order valence-electron chi connectivity index (χ2n) is 9.33. The molecule has 0 saturated heterocycles. The summed E-state index contributed by atoms with van der Waals surface area (Å²) in [5, 5.41) is 5.41. The molecule has 0 aliphatic heterocycles. The van der Waals surface area contributed by atoms with E-state index in [1.165, 1.54) is 17.2 Å². The molecule has 1 aliphatic rings. The summed E-state index contributed by atoms with van der Waals surface area (Å²) in [6, 6.07) is 17.2. The highest BCUT2D eigenvalue weighted by atomic mass is 35.5. The third-order valence-electron chi connectivity index (χ3n) is 6.73. The van der Waals surface area contributed by atoms with Crippen molar-refractivity contribution in [3.05, 3.63) is 98.8 Å². The largest absolute Gasteiger partial charge is 0.490 e. The van der Waals surface area contributed by atoms with Gasteiger partial charge in [-0.3, -0.25) is 4.79 Å². The number of halogens is 2. The van der Waals surface area contributed by atoms with Gasteiger partial charge in [-0.15, -0.1) is 0 Å². The highest BCUT2D eigenvalue weighted by Gasteiger charge is 2.22. The van der Waals surface area contributed by atoms with Gasteiger partial charge in [0.25, 0.3) is 5.56 Å². The van der Waals surface area contributed by atoms with Crippen molar-refractivity contribution in [2.24, 2.45) is 5.10 Å². The minimum atomic E-state index is -0.353. The SMILES string of the molecule is CCOc1cc(C=Nn2c(C3CCCCC3)nc3ccccc3c2=O)cc(Cl)c1OCc1ccccc1F. The van der Waals surface area contributed by atoms with Crippen LogP contribution in [0.4, 0.5) is 4.39 Å². The van der Waals surface area contributed by atoms with Gasteiger partial charge in [0.2, 0.25) is 0 Å². The van der Waals surface area contributed by atoms with Gasteiger partial charge in [-0.25, -0.2) is 9.37 Å². The normalized spacial score (nSPS) is 14.3. The van der Waals surface area contributed by atoms with E-state index in [1.807, 2.05) is 25.1 Å². The number of ether oxygens (including phenoxy) is 2. The second-order valence-corrected chi connectivity index (χ2v) is 9.73. The molecule has 0 unspecified atom stereocenters. The molecule has 1 heterocycles. The fourth-order valence-electron chi connectivity index (χ4n) is 4.83. The first-order chi connectivity index (χ1) is 18.5. The minimum Gasteiger partial charge on any atom is -0.490 e. The molecule has 3 aromatic carbocycles. The molecule has 6 nitrogen and oxygen atoms in total. The average Bonchev–Trinajstić information content (AvgIpc) is 2.93. The Hall–Kier alpha value is -3.71. The van der Waals surface area contributed by atoms with Crippen LogP contribution in [0.15, 0.2) is 70.6 Å². The lowest BCUT2D eigenvalue weighted by atomic mass is 9.88. The number of rotatable bonds is 8. The van der Waals surface area contributed by atoms with Crippen LogP contribution in [0.1, 0.15) is 61.9 Å². The predicted molar refractivity (Wildman–Crippen MR) is 148 cm³/mol. The van der Waals surface area contributed by atoms with Crippen LogP contribution >= 0.6 is 11.6 Å². The number of hydrogen-bond acceptors (Lipinski definition) is 5. The van der Waals surface area contributed by atoms with Crippen LogP contribution in [0.3, 0.4) is 0 Å². The van der Waals surface area contributed by atoms with Crippen molar-refractivity contribution in [2.45, 2.75) is 51.6 Å². The van der Waals surface area contributed by atoms with Crippen LogP contribution in [-0.4, -0.2) is 22.5 Å². The molecular weight excluding hydrogens is 505 g/mol. The summed E-state index contributed by atoms with van der Waals surface area (Å²) >= 11 is 6.58. The highest BCUT2D eigenvalue weighted by Crippen LogP contribution is 2.37. The van der Waals surface area contributed by atoms with E-state index in [-0.39, 0.29) is 23.9 Å². The number of aromatic nitrogens is 2. The molecule has 196 valence electrons. The van der Waals surface area contributed by atoms with E-state index < -0.39 is 0 Å². The molecule has 0 atom stereocenters. The molecule has 0 bridgehead atoms. The van der Waals surface area contributed by atoms with Crippen LogP contribution < -0.4 is 15.0 Å². The van der Waals surface area contributed by atoms with Crippen LogP contribution in [-0.2, 0) is 6.61 Å². The van der Waals surface area contributed by atoms with Crippen LogP contribution in [0, 0.1) is 5.82 Å². The molecule has 1 aromatic heterocycles. The summed E-state index contributed by atoms with van der Waals surface area (Å²) in [6.45, 7) is 2.24. The first-order valence-corrected chi connectivity index (χ1v) is 13.3. The van der Waals surface area contributed by atoms with Crippen molar-refractivity contribution in [1.29, 1.82) is 0 Å². The summed E-state index contributed by atoms with van der Waals surface area (Å²) in [5.41, 5.74) is 1.53. The lowest BCUT2D eigenvalue weighted by Gasteiger charge is -2.22. The number of nitrogens with zero attached hydrogens (tertiary/aromatic N) is 3. The smallest absolute Gasteiger partial charge is 0.282 e. The maximum atomic E-state index is 14.1. The molecule has 8 heteroatoms. The molecule has 0 amide bonds. The van der Waals surface area contributed by atoms with E-state index in [2.05, 4.69) is 5.10 Å². The average molecular weight is 534 g/mol. The van der Waals surface area contributed by atoms with Gasteiger partial charge in [0.05, 0.1) is 28.7 Å². The Bertz CT molecular complexity index is 1530. The van der Waals surface area contributed by atoms with Gasteiger partial charge in [0.1, 0.15) is 18.2 Å². The molecule has 0 radical (unpaired) electrons. The molecule has 0 N–H and O–H groups in total. The van der Waals surface area contributed by atoms with Gasteiger partial charge >= 0.3 is 0 Å². The van der Waals surface area contributed by atoms with Gasteiger partial charge in [-0.1, -0.05) is 61.2 Å². The fraction of sp³-hybridized carbons (Fsp3) is 0.300. The zero-order chi connectivity index (χ0) is 26.5. The first kappa shape index (κ1) is 25.9.